The molecule has 0 aliphatic carbocycles. The molecule has 0 radical (unpaired) electrons. The number of hydrogen-bond donors (Lipinski definition) is 1. The fourth-order valence-corrected chi connectivity index (χ4v) is 1.58. The van der Waals surface area contributed by atoms with Crippen molar-refractivity contribution in [3.8, 4) is 5.88 Å². The lowest BCUT2D eigenvalue weighted by Gasteiger charge is -2.20. The average molecular weight is 217 g/mol. The van der Waals surface area contributed by atoms with Gasteiger partial charge in [-0.3, -0.25) is 4.79 Å². The summed E-state index contributed by atoms with van der Waals surface area (Å²) in [5, 5.41) is 13.3. The Kier molecular flexibility index (Phi) is 2.11. The van der Waals surface area contributed by atoms with Gasteiger partial charge >= 0.3 is 5.97 Å². The van der Waals surface area contributed by atoms with Crippen molar-refractivity contribution in [3.05, 3.63) is 10.7 Å². The number of fused-ring (bicyclic) bond motifs is 1. The number of aromatic nitrogens is 2. The topological polar surface area (TPSA) is 64.4 Å². The highest BCUT2D eigenvalue weighted by Crippen LogP contribution is 2.31. The molecular weight excluding hydrogens is 208 g/mol. The van der Waals surface area contributed by atoms with E-state index < -0.39 is 11.9 Å². The zero-order valence-electron chi connectivity index (χ0n) is 7.53. The lowest BCUT2D eigenvalue weighted by molar-refractivity contribution is -0.144. The second-order valence-electron chi connectivity index (χ2n) is 3.23. The number of nitrogens with zero attached hydrogens (tertiary/aromatic N) is 2. The van der Waals surface area contributed by atoms with Gasteiger partial charge in [-0.1, -0.05) is 11.6 Å². The molecule has 0 bridgehead atoms. The Hall–Kier alpha value is -1.23. The molecule has 0 amide bonds. The van der Waals surface area contributed by atoms with Crippen LogP contribution in [0.15, 0.2) is 0 Å². The summed E-state index contributed by atoms with van der Waals surface area (Å²) in [7, 11) is 0. The van der Waals surface area contributed by atoms with Gasteiger partial charge in [-0.2, -0.15) is 5.10 Å². The monoisotopic (exact) mass is 216 g/mol. The van der Waals surface area contributed by atoms with Crippen LogP contribution < -0.4 is 4.74 Å². The van der Waals surface area contributed by atoms with E-state index in [0.29, 0.717) is 23.1 Å². The van der Waals surface area contributed by atoms with Crippen LogP contribution in [-0.2, 0) is 11.3 Å². The molecule has 1 atom stereocenters. The van der Waals surface area contributed by atoms with Crippen molar-refractivity contribution < 1.29 is 14.6 Å². The Morgan fingerprint density at radius 1 is 1.79 bits per heavy atom. The van der Waals surface area contributed by atoms with E-state index in [1.807, 2.05) is 0 Å². The van der Waals surface area contributed by atoms with E-state index in [1.54, 1.807) is 6.92 Å². The Balaban J connectivity index is 2.31. The van der Waals surface area contributed by atoms with E-state index in [-0.39, 0.29) is 6.61 Å². The highest BCUT2D eigenvalue weighted by atomic mass is 35.5. The molecule has 1 aromatic heterocycles. The maximum Gasteiger partial charge on any atom is 0.311 e. The van der Waals surface area contributed by atoms with Gasteiger partial charge in [0.05, 0.1) is 12.2 Å². The van der Waals surface area contributed by atoms with Gasteiger partial charge in [-0.15, -0.1) is 0 Å². The summed E-state index contributed by atoms with van der Waals surface area (Å²) in [5.74, 6) is -0.945. The van der Waals surface area contributed by atoms with Gasteiger partial charge in [0.15, 0.2) is 0 Å². The quantitative estimate of drug-likeness (QED) is 0.759. The van der Waals surface area contributed by atoms with E-state index in [4.69, 9.17) is 21.4 Å². The number of hydrogen-bond acceptors (Lipinski definition) is 3. The predicted octanol–water partition coefficient (Wildman–Crippen LogP) is 0.938. The lowest BCUT2D eigenvalue weighted by Crippen LogP contribution is -2.31. The summed E-state index contributed by atoms with van der Waals surface area (Å²) >= 11 is 5.90. The number of carbonyl (C=O) groups is 1. The smallest absolute Gasteiger partial charge is 0.311 e. The standard InChI is InChI=1S/C8H9ClN2O3/c1-4-6(9)7-11(10-4)2-5(3-14-7)8(12)13/h5H,2-3H2,1H3,(H,12,13). The average Bonchev–Trinajstić information content (AvgIpc) is 2.42. The summed E-state index contributed by atoms with van der Waals surface area (Å²) in [6, 6.07) is 0. The molecule has 0 saturated heterocycles. The third-order valence-electron chi connectivity index (χ3n) is 2.17. The van der Waals surface area contributed by atoms with Crippen LogP contribution in [0.2, 0.25) is 5.02 Å². The molecule has 2 heterocycles. The van der Waals surface area contributed by atoms with Gasteiger partial charge in [0.25, 0.3) is 0 Å². The predicted molar refractivity (Wildman–Crippen MR) is 48.6 cm³/mol. The highest BCUT2D eigenvalue weighted by Gasteiger charge is 2.28. The molecule has 1 unspecified atom stereocenters. The Labute approximate surface area is 85.2 Å². The van der Waals surface area contributed by atoms with E-state index in [1.165, 1.54) is 4.68 Å². The molecule has 1 aliphatic rings. The minimum absolute atomic E-state index is 0.153. The zero-order valence-corrected chi connectivity index (χ0v) is 8.28. The first-order valence-corrected chi connectivity index (χ1v) is 4.56. The second kappa shape index (κ2) is 3.16. The second-order valence-corrected chi connectivity index (χ2v) is 3.61. The fraction of sp³-hybridized carbons (Fsp3) is 0.500. The van der Waals surface area contributed by atoms with Crippen molar-refractivity contribution in [2.24, 2.45) is 5.92 Å². The molecule has 1 N–H and O–H groups in total. The number of aliphatic carboxylic acids is 1. The summed E-state index contributed by atoms with van der Waals surface area (Å²) < 4.78 is 6.74. The Morgan fingerprint density at radius 2 is 2.50 bits per heavy atom. The number of carboxylic acid groups (broad SMARTS) is 1. The molecule has 14 heavy (non-hydrogen) atoms. The van der Waals surface area contributed by atoms with Gasteiger partial charge in [0, 0.05) is 0 Å². The van der Waals surface area contributed by atoms with Crippen molar-refractivity contribution in [3.63, 3.8) is 0 Å². The van der Waals surface area contributed by atoms with E-state index >= 15 is 0 Å². The van der Waals surface area contributed by atoms with E-state index in [9.17, 15) is 4.79 Å². The number of aryl methyl sites for hydroxylation is 1. The molecule has 0 saturated carbocycles. The van der Waals surface area contributed by atoms with Crippen LogP contribution in [0.3, 0.4) is 0 Å². The molecular formula is C8H9ClN2O3. The Morgan fingerprint density at radius 3 is 3.14 bits per heavy atom. The van der Waals surface area contributed by atoms with Gasteiger partial charge in [0.2, 0.25) is 5.88 Å². The van der Waals surface area contributed by atoms with Crippen LogP contribution in [0.1, 0.15) is 5.69 Å². The molecule has 0 fully saturated rings. The van der Waals surface area contributed by atoms with Crippen LogP contribution in [0.5, 0.6) is 5.88 Å². The first-order valence-electron chi connectivity index (χ1n) is 4.18. The van der Waals surface area contributed by atoms with Gasteiger partial charge in [-0.25, -0.2) is 4.68 Å². The van der Waals surface area contributed by atoms with Crippen LogP contribution in [0, 0.1) is 12.8 Å². The molecule has 0 aromatic carbocycles. The van der Waals surface area contributed by atoms with Crippen molar-refractivity contribution in [2.45, 2.75) is 13.5 Å². The lowest BCUT2D eigenvalue weighted by atomic mass is 10.1. The number of carboxylic acids is 1. The molecule has 2 rings (SSSR count). The maximum atomic E-state index is 10.7. The number of rotatable bonds is 1. The van der Waals surface area contributed by atoms with Crippen molar-refractivity contribution in [1.29, 1.82) is 0 Å². The summed E-state index contributed by atoms with van der Waals surface area (Å²) in [5.41, 5.74) is 0.660. The third-order valence-corrected chi connectivity index (χ3v) is 2.61. The molecule has 1 aliphatic heterocycles. The van der Waals surface area contributed by atoms with E-state index in [2.05, 4.69) is 5.10 Å². The molecule has 76 valence electrons. The van der Waals surface area contributed by atoms with Crippen LogP contribution >= 0.6 is 11.6 Å². The van der Waals surface area contributed by atoms with Gasteiger partial charge in [-0.05, 0) is 6.92 Å². The molecule has 6 heteroatoms. The normalized spacial score (nSPS) is 20.0. The van der Waals surface area contributed by atoms with Crippen molar-refractivity contribution in [2.75, 3.05) is 6.61 Å². The first kappa shape index (κ1) is 9.33. The fourth-order valence-electron chi connectivity index (χ4n) is 1.39. The van der Waals surface area contributed by atoms with Crippen LogP contribution in [0.4, 0.5) is 0 Å². The molecule has 0 spiro atoms. The van der Waals surface area contributed by atoms with Crippen LogP contribution in [0.25, 0.3) is 0 Å². The van der Waals surface area contributed by atoms with Crippen molar-refractivity contribution in [1.82, 2.24) is 9.78 Å². The van der Waals surface area contributed by atoms with Gasteiger partial charge in [0.1, 0.15) is 17.5 Å². The summed E-state index contributed by atoms with van der Waals surface area (Å²) in [6.45, 7) is 2.23. The molecule has 1 aromatic rings. The third kappa shape index (κ3) is 1.33. The Bertz CT molecular complexity index is 388. The zero-order chi connectivity index (χ0) is 10.3. The number of ether oxygens (including phenoxy) is 1. The van der Waals surface area contributed by atoms with Crippen molar-refractivity contribution >= 4 is 17.6 Å². The SMILES string of the molecule is Cc1nn2c(c1Cl)OCC(C(=O)O)C2. The van der Waals surface area contributed by atoms with E-state index in [0.717, 1.165) is 0 Å². The van der Waals surface area contributed by atoms with Crippen LogP contribution in [-0.4, -0.2) is 27.5 Å². The number of halogens is 1. The van der Waals surface area contributed by atoms with Gasteiger partial charge < -0.3 is 9.84 Å². The minimum atomic E-state index is -0.875. The summed E-state index contributed by atoms with van der Waals surface area (Å²) in [4.78, 5) is 10.7. The molecule has 5 nitrogen and oxygen atoms in total. The largest absolute Gasteiger partial charge is 0.481 e. The summed E-state index contributed by atoms with van der Waals surface area (Å²) in [6.07, 6.45) is 0. The minimum Gasteiger partial charge on any atom is -0.481 e. The first-order chi connectivity index (χ1) is 6.59. The highest BCUT2D eigenvalue weighted by molar-refractivity contribution is 6.32. The maximum absolute atomic E-state index is 10.7.